The minimum Gasteiger partial charge on any atom is -0.392 e. The Balaban J connectivity index is 2.23. The average molecular weight is 398 g/mol. The molecule has 2 aromatic heterocycles. The van der Waals surface area contributed by atoms with Crippen LogP contribution in [0.3, 0.4) is 0 Å². The first-order valence-corrected chi connectivity index (χ1v) is 11.9. The summed E-state index contributed by atoms with van der Waals surface area (Å²) in [7, 11) is -1.06. The van der Waals surface area contributed by atoms with Crippen LogP contribution in [-0.2, 0) is 16.5 Å². The SMILES string of the molecule is Cc1ccc(N(O[Si](C)C)c2ncnn3cc(CO)c(C)c23)cc1C(C)(C)C. The standard InChI is InChI=1S/C21H29N4O2Si/c1-14-8-9-17(10-18(14)21(3,4)5)25(27-28(6)7)20-19-15(2)16(12-26)11-24(19)23-13-22-20/h8-11,13,26H,12H2,1-7H3. The second-order valence-electron chi connectivity index (χ2n) is 8.36. The molecule has 0 amide bonds. The minimum atomic E-state index is -1.06. The first-order chi connectivity index (χ1) is 13.1. The maximum atomic E-state index is 9.67. The van der Waals surface area contributed by atoms with E-state index in [4.69, 9.17) is 4.53 Å². The van der Waals surface area contributed by atoms with E-state index in [0.29, 0.717) is 5.82 Å². The van der Waals surface area contributed by atoms with Gasteiger partial charge in [-0.1, -0.05) is 26.8 Å². The fourth-order valence-electron chi connectivity index (χ4n) is 3.44. The highest BCUT2D eigenvalue weighted by atomic mass is 28.3. The van der Waals surface area contributed by atoms with Crippen LogP contribution in [0.4, 0.5) is 11.5 Å². The van der Waals surface area contributed by atoms with Crippen molar-refractivity contribution in [2.24, 2.45) is 0 Å². The van der Waals surface area contributed by atoms with Crippen molar-refractivity contribution in [2.75, 3.05) is 5.06 Å². The maximum absolute atomic E-state index is 9.67. The number of hydrogen-bond donors (Lipinski definition) is 1. The van der Waals surface area contributed by atoms with E-state index in [2.05, 4.69) is 69.1 Å². The fraction of sp³-hybridized carbons (Fsp3) is 0.429. The first kappa shape index (κ1) is 20.5. The topological polar surface area (TPSA) is 62.9 Å². The van der Waals surface area contributed by atoms with Crippen LogP contribution >= 0.6 is 0 Å². The van der Waals surface area contributed by atoms with E-state index in [1.807, 2.05) is 18.2 Å². The van der Waals surface area contributed by atoms with Gasteiger partial charge in [0.25, 0.3) is 0 Å². The number of aliphatic hydroxyl groups is 1. The van der Waals surface area contributed by atoms with Gasteiger partial charge in [-0.3, -0.25) is 0 Å². The summed E-state index contributed by atoms with van der Waals surface area (Å²) in [6.45, 7) is 14.9. The van der Waals surface area contributed by atoms with Crippen LogP contribution in [-0.4, -0.2) is 28.7 Å². The van der Waals surface area contributed by atoms with Gasteiger partial charge in [-0.15, -0.1) is 0 Å². The van der Waals surface area contributed by atoms with Gasteiger partial charge in [0.15, 0.2) is 5.82 Å². The van der Waals surface area contributed by atoms with Crippen LogP contribution in [0.15, 0.2) is 30.7 Å². The third kappa shape index (κ3) is 3.83. The van der Waals surface area contributed by atoms with Gasteiger partial charge in [-0.25, -0.2) is 14.6 Å². The van der Waals surface area contributed by atoms with Crippen molar-refractivity contribution in [3.05, 3.63) is 53.0 Å². The Morgan fingerprint density at radius 2 is 1.93 bits per heavy atom. The lowest BCUT2D eigenvalue weighted by Crippen LogP contribution is -2.27. The second-order valence-corrected chi connectivity index (χ2v) is 10.4. The molecule has 7 heteroatoms. The molecule has 1 aromatic carbocycles. The van der Waals surface area contributed by atoms with Crippen molar-refractivity contribution >= 4 is 26.1 Å². The minimum absolute atomic E-state index is 0.0218. The van der Waals surface area contributed by atoms with Gasteiger partial charge < -0.3 is 9.63 Å². The van der Waals surface area contributed by atoms with Gasteiger partial charge in [0.1, 0.15) is 11.8 Å². The number of aryl methyl sites for hydroxylation is 2. The summed E-state index contributed by atoms with van der Waals surface area (Å²) in [6, 6.07) is 6.38. The van der Waals surface area contributed by atoms with Gasteiger partial charge in [0.2, 0.25) is 9.04 Å². The van der Waals surface area contributed by atoms with Gasteiger partial charge in [-0.2, -0.15) is 5.10 Å². The Bertz CT molecular complexity index is 992. The molecule has 0 aliphatic rings. The Morgan fingerprint density at radius 3 is 2.54 bits per heavy atom. The third-order valence-electron chi connectivity index (χ3n) is 4.81. The lowest BCUT2D eigenvalue weighted by Gasteiger charge is -2.29. The Hall–Kier alpha value is -2.22. The molecule has 0 aliphatic carbocycles. The van der Waals surface area contributed by atoms with Gasteiger partial charge >= 0.3 is 0 Å². The summed E-state index contributed by atoms with van der Waals surface area (Å²) in [6.07, 6.45) is 3.36. The average Bonchev–Trinajstić information content (AvgIpc) is 2.95. The van der Waals surface area contributed by atoms with Crippen molar-refractivity contribution in [1.82, 2.24) is 14.6 Å². The van der Waals surface area contributed by atoms with Crippen LogP contribution in [0.2, 0.25) is 13.1 Å². The summed E-state index contributed by atoms with van der Waals surface area (Å²) in [5.41, 5.74) is 6.11. The van der Waals surface area contributed by atoms with Crippen LogP contribution in [0.1, 0.15) is 43.0 Å². The first-order valence-electron chi connectivity index (χ1n) is 9.45. The molecule has 3 aromatic rings. The summed E-state index contributed by atoms with van der Waals surface area (Å²) in [5.74, 6) is 0.683. The van der Waals surface area contributed by atoms with E-state index in [-0.39, 0.29) is 12.0 Å². The lowest BCUT2D eigenvalue weighted by molar-refractivity contribution is 0.281. The fourth-order valence-corrected chi connectivity index (χ4v) is 4.00. The zero-order chi connectivity index (χ0) is 20.6. The highest BCUT2D eigenvalue weighted by Crippen LogP contribution is 2.35. The molecule has 0 fully saturated rings. The van der Waals surface area contributed by atoms with Crippen LogP contribution in [0, 0.1) is 13.8 Å². The number of aromatic nitrogens is 3. The van der Waals surface area contributed by atoms with Crippen LogP contribution in [0.25, 0.3) is 5.52 Å². The van der Waals surface area contributed by atoms with E-state index >= 15 is 0 Å². The predicted octanol–water partition coefficient (Wildman–Crippen LogP) is 4.46. The molecular weight excluding hydrogens is 368 g/mol. The van der Waals surface area contributed by atoms with Gasteiger partial charge in [0, 0.05) is 11.8 Å². The summed E-state index contributed by atoms with van der Waals surface area (Å²) in [4.78, 5) is 4.56. The monoisotopic (exact) mass is 397 g/mol. The number of aliphatic hydroxyl groups excluding tert-OH is 1. The van der Waals surface area contributed by atoms with Gasteiger partial charge in [-0.05, 0) is 61.2 Å². The van der Waals surface area contributed by atoms with E-state index < -0.39 is 9.04 Å². The number of fused-ring (bicyclic) bond motifs is 1. The second kappa shape index (κ2) is 7.65. The highest BCUT2D eigenvalue weighted by molar-refractivity contribution is 6.48. The molecule has 0 aliphatic heterocycles. The van der Waals surface area contributed by atoms with E-state index in [0.717, 1.165) is 22.3 Å². The normalized spacial score (nSPS) is 12.2. The summed E-state index contributed by atoms with van der Waals surface area (Å²) in [5, 5.41) is 15.8. The molecule has 0 spiro atoms. The largest absolute Gasteiger partial charge is 0.392 e. The molecule has 1 N–H and O–H groups in total. The van der Waals surface area contributed by atoms with Crippen LogP contribution < -0.4 is 5.06 Å². The van der Waals surface area contributed by atoms with Crippen molar-refractivity contribution in [3.8, 4) is 0 Å². The molecule has 0 atom stereocenters. The van der Waals surface area contributed by atoms with E-state index in [1.165, 1.54) is 17.5 Å². The van der Waals surface area contributed by atoms with E-state index in [9.17, 15) is 5.11 Å². The molecule has 0 saturated heterocycles. The predicted molar refractivity (Wildman–Crippen MR) is 114 cm³/mol. The molecule has 1 radical (unpaired) electrons. The quantitative estimate of drug-likeness (QED) is 0.509. The van der Waals surface area contributed by atoms with Crippen molar-refractivity contribution in [2.45, 2.75) is 59.7 Å². The lowest BCUT2D eigenvalue weighted by atomic mass is 9.84. The third-order valence-corrected chi connectivity index (χ3v) is 5.36. The maximum Gasteiger partial charge on any atom is 0.245 e. The smallest absolute Gasteiger partial charge is 0.245 e. The number of rotatable bonds is 5. The molecule has 0 bridgehead atoms. The van der Waals surface area contributed by atoms with Crippen molar-refractivity contribution in [1.29, 1.82) is 0 Å². The molecule has 3 rings (SSSR count). The van der Waals surface area contributed by atoms with Crippen LogP contribution in [0.5, 0.6) is 0 Å². The van der Waals surface area contributed by atoms with Gasteiger partial charge in [0.05, 0.1) is 12.3 Å². The molecular formula is C21H29N4O2Si. The molecule has 28 heavy (non-hydrogen) atoms. The van der Waals surface area contributed by atoms with Crippen molar-refractivity contribution < 1.29 is 9.63 Å². The molecule has 149 valence electrons. The molecule has 6 nitrogen and oxygen atoms in total. The number of hydrogen-bond acceptors (Lipinski definition) is 5. The Labute approximate surface area is 168 Å². The number of benzene rings is 1. The number of anilines is 2. The zero-order valence-corrected chi connectivity index (χ0v) is 18.7. The number of nitrogens with zero attached hydrogens (tertiary/aromatic N) is 4. The molecule has 0 saturated carbocycles. The summed E-state index contributed by atoms with van der Waals surface area (Å²) >= 11 is 0. The molecule has 0 unspecified atom stereocenters. The van der Waals surface area contributed by atoms with Crippen molar-refractivity contribution in [3.63, 3.8) is 0 Å². The molecule has 2 heterocycles. The Morgan fingerprint density at radius 1 is 1.21 bits per heavy atom. The Kier molecular flexibility index (Phi) is 5.61. The van der Waals surface area contributed by atoms with E-state index in [1.54, 1.807) is 4.52 Å². The highest BCUT2D eigenvalue weighted by Gasteiger charge is 2.24. The zero-order valence-electron chi connectivity index (χ0n) is 17.7. The summed E-state index contributed by atoms with van der Waals surface area (Å²) < 4.78 is 8.07.